The standard InChI is InChI=1S/C19H24O2/c1-13-8-9-17(20)16(10-13)11-14-6-5-7-15(18(14)21)12-19(2,3)4/h5-10,20-21H,11-12H2,1-4H3. The molecule has 0 fully saturated rings. The number of hydrogen-bond acceptors (Lipinski definition) is 2. The predicted octanol–water partition coefficient (Wildman–Crippen LogP) is 4.59. The molecule has 0 aliphatic carbocycles. The second kappa shape index (κ2) is 5.80. The van der Waals surface area contributed by atoms with Crippen molar-refractivity contribution in [2.24, 2.45) is 5.41 Å². The van der Waals surface area contributed by atoms with Gasteiger partial charge >= 0.3 is 0 Å². The van der Waals surface area contributed by atoms with E-state index in [0.717, 1.165) is 28.7 Å². The second-order valence-corrected chi connectivity index (χ2v) is 6.97. The molecule has 0 amide bonds. The second-order valence-electron chi connectivity index (χ2n) is 6.97. The molecule has 2 heteroatoms. The van der Waals surface area contributed by atoms with Gasteiger partial charge in [0.2, 0.25) is 0 Å². The summed E-state index contributed by atoms with van der Waals surface area (Å²) >= 11 is 0. The van der Waals surface area contributed by atoms with Crippen LogP contribution < -0.4 is 0 Å². The SMILES string of the molecule is Cc1ccc(O)c(Cc2cccc(CC(C)(C)C)c2O)c1. The fourth-order valence-electron chi connectivity index (χ4n) is 2.56. The van der Waals surface area contributed by atoms with E-state index in [1.165, 1.54) is 0 Å². The molecule has 0 unspecified atom stereocenters. The minimum Gasteiger partial charge on any atom is -0.508 e. The van der Waals surface area contributed by atoms with Gasteiger partial charge in [-0.1, -0.05) is 56.7 Å². The third-order valence-electron chi connectivity index (χ3n) is 3.54. The van der Waals surface area contributed by atoms with Gasteiger partial charge in [-0.3, -0.25) is 0 Å². The maximum Gasteiger partial charge on any atom is 0.122 e. The van der Waals surface area contributed by atoms with Gasteiger partial charge in [-0.2, -0.15) is 0 Å². The Morgan fingerprint density at radius 3 is 2.24 bits per heavy atom. The third-order valence-corrected chi connectivity index (χ3v) is 3.54. The fraction of sp³-hybridized carbons (Fsp3) is 0.368. The number of phenols is 2. The van der Waals surface area contributed by atoms with E-state index in [-0.39, 0.29) is 11.2 Å². The largest absolute Gasteiger partial charge is 0.508 e. The lowest BCUT2D eigenvalue weighted by Gasteiger charge is -2.20. The summed E-state index contributed by atoms with van der Waals surface area (Å²) in [6.07, 6.45) is 1.36. The van der Waals surface area contributed by atoms with Crippen molar-refractivity contribution in [2.45, 2.75) is 40.5 Å². The highest BCUT2D eigenvalue weighted by molar-refractivity contribution is 5.46. The van der Waals surface area contributed by atoms with Crippen molar-refractivity contribution in [3.8, 4) is 11.5 Å². The first-order chi connectivity index (χ1) is 9.76. The lowest BCUT2D eigenvalue weighted by atomic mass is 9.86. The van der Waals surface area contributed by atoms with Crippen molar-refractivity contribution < 1.29 is 10.2 Å². The van der Waals surface area contributed by atoms with E-state index in [1.807, 2.05) is 37.3 Å². The zero-order valence-corrected chi connectivity index (χ0v) is 13.3. The molecule has 2 nitrogen and oxygen atoms in total. The minimum absolute atomic E-state index is 0.127. The topological polar surface area (TPSA) is 40.5 Å². The van der Waals surface area contributed by atoms with Crippen LogP contribution in [0.2, 0.25) is 0 Å². The first-order valence-corrected chi connectivity index (χ1v) is 7.34. The molecule has 0 aromatic heterocycles. The van der Waals surface area contributed by atoms with Gasteiger partial charge in [0.25, 0.3) is 0 Å². The van der Waals surface area contributed by atoms with Crippen LogP contribution in [0.3, 0.4) is 0 Å². The summed E-state index contributed by atoms with van der Waals surface area (Å²) in [5, 5.41) is 20.5. The van der Waals surface area contributed by atoms with Gasteiger partial charge in [-0.25, -0.2) is 0 Å². The molecule has 112 valence electrons. The molecular formula is C19H24O2. The van der Waals surface area contributed by atoms with Crippen molar-refractivity contribution in [1.82, 2.24) is 0 Å². The molecule has 0 atom stereocenters. The van der Waals surface area contributed by atoms with E-state index >= 15 is 0 Å². The molecule has 0 aliphatic rings. The number of aryl methyl sites for hydroxylation is 1. The van der Waals surface area contributed by atoms with Crippen molar-refractivity contribution in [1.29, 1.82) is 0 Å². The summed E-state index contributed by atoms with van der Waals surface area (Å²) in [5.41, 5.74) is 3.90. The molecule has 0 heterocycles. The molecule has 0 bridgehead atoms. The normalized spacial score (nSPS) is 11.6. The molecule has 21 heavy (non-hydrogen) atoms. The molecule has 2 aromatic rings. The molecule has 2 N–H and O–H groups in total. The lowest BCUT2D eigenvalue weighted by Crippen LogP contribution is -2.09. The summed E-state index contributed by atoms with van der Waals surface area (Å²) in [4.78, 5) is 0. The summed E-state index contributed by atoms with van der Waals surface area (Å²) in [6, 6.07) is 11.4. The average molecular weight is 284 g/mol. The number of para-hydroxylation sites is 1. The first-order valence-electron chi connectivity index (χ1n) is 7.34. The van der Waals surface area contributed by atoms with E-state index in [1.54, 1.807) is 6.07 Å². The van der Waals surface area contributed by atoms with Crippen LogP contribution in [0.25, 0.3) is 0 Å². The van der Waals surface area contributed by atoms with Gasteiger partial charge in [0, 0.05) is 6.42 Å². The molecule has 0 saturated heterocycles. The van der Waals surface area contributed by atoms with E-state index in [2.05, 4.69) is 20.8 Å². The number of aromatic hydroxyl groups is 2. The average Bonchev–Trinajstić information content (AvgIpc) is 2.37. The van der Waals surface area contributed by atoms with Gasteiger partial charge in [0.1, 0.15) is 11.5 Å². The van der Waals surface area contributed by atoms with Gasteiger partial charge < -0.3 is 10.2 Å². The highest BCUT2D eigenvalue weighted by atomic mass is 16.3. The maximum absolute atomic E-state index is 10.5. The Morgan fingerprint density at radius 1 is 0.905 bits per heavy atom. The van der Waals surface area contributed by atoms with E-state index in [9.17, 15) is 10.2 Å². The van der Waals surface area contributed by atoms with Gasteiger partial charge in [-0.15, -0.1) is 0 Å². The number of hydrogen-bond donors (Lipinski definition) is 2. The molecule has 0 spiro atoms. The van der Waals surface area contributed by atoms with Crippen molar-refractivity contribution in [3.05, 3.63) is 58.7 Å². The van der Waals surface area contributed by atoms with Crippen molar-refractivity contribution in [3.63, 3.8) is 0 Å². The highest BCUT2D eigenvalue weighted by Crippen LogP contribution is 2.32. The number of rotatable bonds is 3. The van der Waals surface area contributed by atoms with E-state index in [0.29, 0.717) is 12.2 Å². The Hall–Kier alpha value is -1.96. The zero-order valence-electron chi connectivity index (χ0n) is 13.3. The van der Waals surface area contributed by atoms with Crippen molar-refractivity contribution >= 4 is 0 Å². The van der Waals surface area contributed by atoms with Gasteiger partial charge in [-0.05, 0) is 41.5 Å². The summed E-state index contributed by atoms with van der Waals surface area (Å²) in [5.74, 6) is 0.634. The summed E-state index contributed by atoms with van der Waals surface area (Å²) in [6.45, 7) is 8.47. The van der Waals surface area contributed by atoms with Crippen LogP contribution in [0.15, 0.2) is 36.4 Å². The van der Waals surface area contributed by atoms with Gasteiger partial charge in [0.15, 0.2) is 0 Å². The Kier molecular flexibility index (Phi) is 4.26. The van der Waals surface area contributed by atoms with Crippen LogP contribution in [0.1, 0.15) is 43.0 Å². The highest BCUT2D eigenvalue weighted by Gasteiger charge is 2.16. The lowest BCUT2D eigenvalue weighted by molar-refractivity contribution is 0.393. The van der Waals surface area contributed by atoms with Crippen molar-refractivity contribution in [2.75, 3.05) is 0 Å². The van der Waals surface area contributed by atoms with Crippen LogP contribution in [0, 0.1) is 12.3 Å². The Balaban J connectivity index is 2.33. The smallest absolute Gasteiger partial charge is 0.122 e. The Labute approximate surface area is 127 Å². The first kappa shape index (κ1) is 15.4. The van der Waals surface area contributed by atoms with Crippen LogP contribution >= 0.6 is 0 Å². The van der Waals surface area contributed by atoms with E-state index < -0.39 is 0 Å². The van der Waals surface area contributed by atoms with Crippen LogP contribution in [-0.4, -0.2) is 10.2 Å². The minimum atomic E-state index is 0.127. The maximum atomic E-state index is 10.5. The number of phenolic OH excluding ortho intramolecular Hbond substituents is 2. The van der Waals surface area contributed by atoms with E-state index in [4.69, 9.17) is 0 Å². The zero-order chi connectivity index (χ0) is 15.6. The third kappa shape index (κ3) is 4.01. The molecule has 0 radical (unpaired) electrons. The predicted molar refractivity (Wildman–Crippen MR) is 86.9 cm³/mol. The monoisotopic (exact) mass is 284 g/mol. The van der Waals surface area contributed by atoms with Crippen LogP contribution in [-0.2, 0) is 12.8 Å². The summed E-state index contributed by atoms with van der Waals surface area (Å²) in [7, 11) is 0. The molecule has 0 aliphatic heterocycles. The number of benzene rings is 2. The Bertz CT molecular complexity index is 636. The quantitative estimate of drug-likeness (QED) is 0.865. The molecular weight excluding hydrogens is 260 g/mol. The molecule has 2 rings (SSSR count). The summed E-state index contributed by atoms with van der Waals surface area (Å²) < 4.78 is 0. The Morgan fingerprint density at radius 2 is 1.57 bits per heavy atom. The van der Waals surface area contributed by atoms with Crippen LogP contribution in [0.5, 0.6) is 11.5 Å². The van der Waals surface area contributed by atoms with Gasteiger partial charge in [0.05, 0.1) is 0 Å². The van der Waals surface area contributed by atoms with Crippen LogP contribution in [0.4, 0.5) is 0 Å². The fourth-order valence-corrected chi connectivity index (χ4v) is 2.56. The molecule has 0 saturated carbocycles. The molecule has 2 aromatic carbocycles.